The Morgan fingerprint density at radius 3 is 2.81 bits per heavy atom. The zero-order valence-corrected chi connectivity index (χ0v) is 19.3. The third-order valence-electron chi connectivity index (χ3n) is 6.27. The summed E-state index contributed by atoms with van der Waals surface area (Å²) in [7, 11) is 1.64. The van der Waals surface area contributed by atoms with Gasteiger partial charge < -0.3 is 19.4 Å². The van der Waals surface area contributed by atoms with Gasteiger partial charge in [-0.05, 0) is 49.6 Å². The van der Waals surface area contributed by atoms with Crippen LogP contribution in [0, 0.1) is 0 Å². The van der Waals surface area contributed by atoms with E-state index in [1.807, 2.05) is 40.3 Å². The normalized spacial score (nSPS) is 16.6. The van der Waals surface area contributed by atoms with E-state index in [4.69, 9.17) is 9.47 Å². The van der Waals surface area contributed by atoms with E-state index in [0.717, 1.165) is 47.8 Å². The molecule has 1 aliphatic heterocycles. The average Bonchev–Trinajstić information content (AvgIpc) is 3.29. The number of hydrogen-bond donors (Lipinski definition) is 1. The number of fused-ring (bicyclic) bond motifs is 1. The number of H-pyrrole nitrogens is 1. The van der Waals surface area contributed by atoms with Crippen molar-refractivity contribution < 1.29 is 14.3 Å². The molecule has 1 aliphatic rings. The van der Waals surface area contributed by atoms with Crippen LogP contribution in [-0.2, 0) is 6.54 Å². The number of benzene rings is 2. The first-order chi connectivity index (χ1) is 15.6. The number of nitrogens with one attached hydrogen (secondary N) is 1. The van der Waals surface area contributed by atoms with Crippen LogP contribution in [0.15, 0.2) is 48.7 Å². The molecule has 0 saturated carbocycles. The molecule has 2 heterocycles. The maximum absolute atomic E-state index is 13.6. The topological polar surface area (TPSA) is 57.8 Å². The van der Waals surface area contributed by atoms with Gasteiger partial charge in [0.05, 0.1) is 13.7 Å². The second-order valence-electron chi connectivity index (χ2n) is 8.45. The molecule has 0 unspecified atom stereocenters. The standard InChI is InChI=1S/C26H33N3O3/c1-4-5-6-16-32-25-17-21(10-11-24(25)31-3)28-15-13-19(2)29(26(28)30)18-20-8-7-9-23-22(20)12-14-27-23/h7-12,14,17,19,27H,4-6,13,15-16,18H2,1-3H3/t19-/m0/s1. The van der Waals surface area contributed by atoms with Gasteiger partial charge in [0, 0.05) is 48.0 Å². The number of hydrogen-bond acceptors (Lipinski definition) is 3. The highest BCUT2D eigenvalue weighted by atomic mass is 16.5. The second-order valence-corrected chi connectivity index (χ2v) is 8.45. The van der Waals surface area contributed by atoms with Crippen molar-refractivity contribution >= 4 is 22.6 Å². The van der Waals surface area contributed by atoms with Crippen LogP contribution in [0.5, 0.6) is 11.5 Å². The third-order valence-corrected chi connectivity index (χ3v) is 6.27. The van der Waals surface area contributed by atoms with Crippen LogP contribution in [0.3, 0.4) is 0 Å². The Labute approximate surface area is 190 Å². The van der Waals surface area contributed by atoms with Crippen molar-refractivity contribution in [2.24, 2.45) is 0 Å². The molecule has 1 atom stereocenters. The van der Waals surface area contributed by atoms with E-state index in [0.29, 0.717) is 31.2 Å². The minimum Gasteiger partial charge on any atom is -0.493 e. The lowest BCUT2D eigenvalue weighted by Gasteiger charge is -2.40. The van der Waals surface area contributed by atoms with Gasteiger partial charge in [-0.2, -0.15) is 0 Å². The lowest BCUT2D eigenvalue weighted by atomic mass is 10.1. The van der Waals surface area contributed by atoms with E-state index in [-0.39, 0.29) is 12.1 Å². The Hall–Kier alpha value is -3.15. The Balaban J connectivity index is 1.55. The van der Waals surface area contributed by atoms with Crippen LogP contribution >= 0.6 is 0 Å². The number of anilines is 1. The predicted molar refractivity (Wildman–Crippen MR) is 129 cm³/mol. The molecule has 4 rings (SSSR count). The summed E-state index contributed by atoms with van der Waals surface area (Å²) in [5, 5.41) is 1.16. The lowest BCUT2D eigenvalue weighted by Crippen LogP contribution is -2.53. The highest BCUT2D eigenvalue weighted by Gasteiger charge is 2.32. The molecule has 6 heteroatoms. The minimum atomic E-state index is 0.0263. The molecule has 170 valence electrons. The Kier molecular flexibility index (Phi) is 6.88. The summed E-state index contributed by atoms with van der Waals surface area (Å²) in [5.41, 5.74) is 3.09. The summed E-state index contributed by atoms with van der Waals surface area (Å²) < 4.78 is 11.5. The minimum absolute atomic E-state index is 0.0263. The van der Waals surface area contributed by atoms with E-state index in [1.165, 1.54) is 0 Å². The fraction of sp³-hybridized carbons (Fsp3) is 0.423. The molecule has 32 heavy (non-hydrogen) atoms. The van der Waals surface area contributed by atoms with E-state index >= 15 is 0 Å². The Morgan fingerprint density at radius 1 is 1.12 bits per heavy atom. The molecule has 2 aromatic carbocycles. The molecule has 2 amide bonds. The quantitative estimate of drug-likeness (QED) is 0.422. The average molecular weight is 436 g/mol. The van der Waals surface area contributed by atoms with Crippen molar-refractivity contribution in [3.8, 4) is 11.5 Å². The summed E-state index contributed by atoms with van der Waals surface area (Å²) in [6.45, 7) is 6.22. The first-order valence-corrected chi connectivity index (χ1v) is 11.6. The van der Waals surface area contributed by atoms with Crippen LogP contribution < -0.4 is 14.4 Å². The van der Waals surface area contributed by atoms with Gasteiger partial charge >= 0.3 is 6.03 Å². The van der Waals surface area contributed by atoms with Gasteiger partial charge in [0.15, 0.2) is 11.5 Å². The number of aromatic amines is 1. The van der Waals surface area contributed by atoms with Crippen molar-refractivity contribution in [1.29, 1.82) is 0 Å². The maximum atomic E-state index is 13.6. The van der Waals surface area contributed by atoms with Gasteiger partial charge in [-0.15, -0.1) is 0 Å². The maximum Gasteiger partial charge on any atom is 0.325 e. The van der Waals surface area contributed by atoms with E-state index in [9.17, 15) is 4.79 Å². The van der Waals surface area contributed by atoms with Gasteiger partial charge in [0.2, 0.25) is 0 Å². The molecule has 1 fully saturated rings. The number of carbonyl (C=O) groups excluding carboxylic acids is 1. The number of aromatic nitrogens is 1. The molecule has 0 aliphatic carbocycles. The van der Waals surface area contributed by atoms with E-state index in [1.54, 1.807) is 7.11 Å². The molecule has 0 bridgehead atoms. The monoisotopic (exact) mass is 435 g/mol. The Bertz CT molecular complexity index is 1060. The first kappa shape index (κ1) is 22.1. The fourth-order valence-corrected chi connectivity index (χ4v) is 4.33. The number of urea groups is 1. The number of unbranched alkanes of at least 4 members (excludes halogenated alkanes) is 2. The van der Waals surface area contributed by atoms with Crippen molar-refractivity contribution in [1.82, 2.24) is 9.88 Å². The van der Waals surface area contributed by atoms with Crippen LogP contribution in [0.25, 0.3) is 10.9 Å². The summed E-state index contributed by atoms with van der Waals surface area (Å²) >= 11 is 0. The van der Waals surface area contributed by atoms with Crippen molar-refractivity contribution in [2.45, 2.75) is 52.1 Å². The molecule has 6 nitrogen and oxygen atoms in total. The van der Waals surface area contributed by atoms with Gasteiger partial charge in [-0.3, -0.25) is 4.90 Å². The van der Waals surface area contributed by atoms with Gasteiger partial charge in [0.25, 0.3) is 0 Å². The van der Waals surface area contributed by atoms with E-state index < -0.39 is 0 Å². The smallest absolute Gasteiger partial charge is 0.325 e. The van der Waals surface area contributed by atoms with Crippen LogP contribution in [0.1, 0.15) is 45.1 Å². The largest absolute Gasteiger partial charge is 0.493 e. The highest BCUT2D eigenvalue weighted by molar-refractivity contribution is 5.94. The van der Waals surface area contributed by atoms with E-state index in [2.05, 4.69) is 37.0 Å². The number of carbonyl (C=O) groups is 1. The number of nitrogens with zero attached hydrogens (tertiary/aromatic N) is 2. The van der Waals surface area contributed by atoms with Crippen molar-refractivity contribution in [3.63, 3.8) is 0 Å². The number of methoxy groups -OCH3 is 1. The second kappa shape index (κ2) is 9.98. The number of ether oxygens (including phenoxy) is 2. The molecule has 1 N–H and O–H groups in total. The number of amides is 2. The fourth-order valence-electron chi connectivity index (χ4n) is 4.33. The zero-order valence-electron chi connectivity index (χ0n) is 19.3. The summed E-state index contributed by atoms with van der Waals surface area (Å²) in [5.74, 6) is 1.38. The summed E-state index contributed by atoms with van der Waals surface area (Å²) in [6.07, 6.45) is 6.14. The first-order valence-electron chi connectivity index (χ1n) is 11.6. The molecular weight excluding hydrogens is 402 g/mol. The van der Waals surface area contributed by atoms with Crippen molar-refractivity contribution in [2.75, 3.05) is 25.2 Å². The molecule has 0 radical (unpaired) electrons. The van der Waals surface area contributed by atoms with Crippen LogP contribution in [0.2, 0.25) is 0 Å². The third kappa shape index (κ3) is 4.54. The predicted octanol–water partition coefficient (Wildman–Crippen LogP) is 5.97. The SMILES string of the molecule is CCCCCOc1cc(N2CC[C@H](C)N(Cc3cccc4[nH]ccc34)C2=O)ccc1OC. The molecule has 1 aromatic heterocycles. The summed E-state index contributed by atoms with van der Waals surface area (Å²) in [4.78, 5) is 20.6. The zero-order chi connectivity index (χ0) is 22.5. The summed E-state index contributed by atoms with van der Waals surface area (Å²) in [6, 6.07) is 14.2. The molecule has 0 spiro atoms. The van der Waals surface area contributed by atoms with Gasteiger partial charge in [0.1, 0.15) is 0 Å². The molecular formula is C26H33N3O3. The molecule has 3 aromatic rings. The van der Waals surface area contributed by atoms with Crippen LogP contribution in [-0.4, -0.2) is 42.2 Å². The van der Waals surface area contributed by atoms with Crippen molar-refractivity contribution in [3.05, 3.63) is 54.2 Å². The number of rotatable bonds is 9. The molecule has 1 saturated heterocycles. The Morgan fingerprint density at radius 2 is 2.00 bits per heavy atom. The van der Waals surface area contributed by atoms with Gasteiger partial charge in [-0.1, -0.05) is 31.9 Å². The lowest BCUT2D eigenvalue weighted by molar-refractivity contribution is 0.166. The van der Waals surface area contributed by atoms with Crippen LogP contribution in [0.4, 0.5) is 10.5 Å². The van der Waals surface area contributed by atoms with Gasteiger partial charge in [-0.25, -0.2) is 4.79 Å². The highest BCUT2D eigenvalue weighted by Crippen LogP contribution is 2.34.